The van der Waals surface area contributed by atoms with Gasteiger partial charge >= 0.3 is 0 Å². The first-order valence-corrected chi connectivity index (χ1v) is 6.21. The topological polar surface area (TPSA) is 0 Å². The van der Waals surface area contributed by atoms with Gasteiger partial charge in [-0.25, -0.2) is 0 Å². The van der Waals surface area contributed by atoms with Crippen LogP contribution in [0.2, 0.25) is 0 Å². The van der Waals surface area contributed by atoms with Gasteiger partial charge in [0.2, 0.25) is 0 Å². The molecule has 0 N–H and O–H groups in total. The molecule has 0 aliphatic heterocycles. The van der Waals surface area contributed by atoms with Gasteiger partial charge in [-0.15, -0.1) is 0 Å². The van der Waals surface area contributed by atoms with Gasteiger partial charge in [-0.05, 0) is 17.2 Å². The van der Waals surface area contributed by atoms with Crippen molar-refractivity contribution in [3.63, 3.8) is 0 Å². The summed E-state index contributed by atoms with van der Waals surface area (Å²) in [5.74, 6) is 0. The highest BCUT2D eigenvalue weighted by Gasteiger charge is 2.10. The Morgan fingerprint density at radius 2 is 1.32 bits per heavy atom. The minimum atomic E-state index is 0. The zero-order chi connectivity index (χ0) is 13.0. The molecule has 2 aromatic carbocycles. The van der Waals surface area contributed by atoms with Crippen molar-refractivity contribution >= 4 is 17.8 Å². The SMILES string of the molecule is C[N+](C)(C)c1cccc(/C=C/c2ccccc2)c1.[I-]. The fourth-order valence-electron chi connectivity index (χ4n) is 1.80. The molecular formula is C17H20IN. The number of halogens is 1. The summed E-state index contributed by atoms with van der Waals surface area (Å²) in [7, 11) is 6.54. The third kappa shape index (κ3) is 4.80. The second-order valence-electron chi connectivity index (χ2n) is 5.35. The third-order valence-electron chi connectivity index (χ3n) is 2.91. The number of nitrogens with zero attached hydrogens (tertiary/aromatic N) is 1. The average Bonchev–Trinajstić information content (AvgIpc) is 2.37. The molecule has 0 atom stereocenters. The Morgan fingerprint density at radius 3 is 1.95 bits per heavy atom. The lowest BCUT2D eigenvalue weighted by atomic mass is 10.1. The molecule has 0 unspecified atom stereocenters. The lowest BCUT2D eigenvalue weighted by Gasteiger charge is -2.23. The number of hydrogen-bond donors (Lipinski definition) is 0. The maximum atomic E-state index is 2.24. The van der Waals surface area contributed by atoms with Crippen LogP contribution >= 0.6 is 0 Å². The van der Waals surface area contributed by atoms with E-state index < -0.39 is 0 Å². The van der Waals surface area contributed by atoms with E-state index in [2.05, 4.69) is 81.8 Å². The Bertz CT molecular complexity index is 539. The van der Waals surface area contributed by atoms with E-state index in [-0.39, 0.29) is 24.0 Å². The monoisotopic (exact) mass is 365 g/mol. The summed E-state index contributed by atoms with van der Waals surface area (Å²) in [4.78, 5) is 0. The molecule has 0 fully saturated rings. The zero-order valence-electron chi connectivity index (χ0n) is 11.7. The second kappa shape index (κ2) is 6.87. The predicted octanol–water partition coefficient (Wildman–Crippen LogP) is 1.06. The van der Waals surface area contributed by atoms with Gasteiger partial charge in [0, 0.05) is 6.07 Å². The zero-order valence-corrected chi connectivity index (χ0v) is 13.8. The molecule has 0 aromatic heterocycles. The second-order valence-corrected chi connectivity index (χ2v) is 5.35. The Balaban J connectivity index is 0.00000180. The van der Waals surface area contributed by atoms with E-state index in [1.807, 2.05) is 6.07 Å². The molecule has 19 heavy (non-hydrogen) atoms. The molecule has 0 heterocycles. The van der Waals surface area contributed by atoms with Gasteiger partial charge in [-0.1, -0.05) is 54.6 Å². The summed E-state index contributed by atoms with van der Waals surface area (Å²) in [6.45, 7) is 0. The van der Waals surface area contributed by atoms with Crippen molar-refractivity contribution < 1.29 is 24.0 Å². The van der Waals surface area contributed by atoms with Gasteiger partial charge < -0.3 is 24.0 Å². The van der Waals surface area contributed by atoms with Gasteiger partial charge in [0.05, 0.1) is 21.1 Å². The minimum absolute atomic E-state index is 0. The van der Waals surface area contributed by atoms with Gasteiger partial charge in [0.25, 0.3) is 0 Å². The normalized spacial score (nSPS) is 11.3. The van der Waals surface area contributed by atoms with E-state index in [1.165, 1.54) is 16.8 Å². The van der Waals surface area contributed by atoms with Crippen LogP contribution in [-0.4, -0.2) is 21.1 Å². The van der Waals surface area contributed by atoms with Crippen molar-refractivity contribution in [3.05, 3.63) is 65.7 Å². The first-order chi connectivity index (χ1) is 8.55. The van der Waals surface area contributed by atoms with Crippen molar-refractivity contribution in [3.8, 4) is 0 Å². The first-order valence-electron chi connectivity index (χ1n) is 6.21. The van der Waals surface area contributed by atoms with Crippen molar-refractivity contribution in [2.75, 3.05) is 21.1 Å². The van der Waals surface area contributed by atoms with E-state index in [4.69, 9.17) is 0 Å². The molecule has 2 heteroatoms. The Morgan fingerprint density at radius 1 is 0.737 bits per heavy atom. The summed E-state index contributed by atoms with van der Waals surface area (Å²) >= 11 is 0. The minimum Gasteiger partial charge on any atom is -1.00 e. The van der Waals surface area contributed by atoms with Gasteiger partial charge in [-0.3, -0.25) is 4.48 Å². The number of hydrogen-bond acceptors (Lipinski definition) is 0. The highest BCUT2D eigenvalue weighted by atomic mass is 127. The summed E-state index contributed by atoms with van der Waals surface area (Å²) in [5, 5.41) is 0. The molecule has 0 radical (unpaired) electrons. The Labute approximate surface area is 133 Å². The first kappa shape index (κ1) is 15.9. The van der Waals surface area contributed by atoms with Crippen LogP contribution in [0.4, 0.5) is 5.69 Å². The third-order valence-corrected chi connectivity index (χ3v) is 2.91. The molecule has 2 aromatic rings. The van der Waals surface area contributed by atoms with E-state index >= 15 is 0 Å². The predicted molar refractivity (Wildman–Crippen MR) is 81.4 cm³/mol. The summed E-state index contributed by atoms with van der Waals surface area (Å²) in [6.07, 6.45) is 4.31. The molecule has 0 saturated carbocycles. The molecule has 0 aliphatic rings. The molecule has 100 valence electrons. The molecule has 2 rings (SSSR count). The van der Waals surface area contributed by atoms with E-state index in [0.717, 1.165) is 4.48 Å². The molecule has 0 spiro atoms. The van der Waals surface area contributed by atoms with Crippen LogP contribution in [0, 0.1) is 0 Å². The van der Waals surface area contributed by atoms with Crippen LogP contribution in [0.3, 0.4) is 0 Å². The lowest BCUT2D eigenvalue weighted by molar-refractivity contribution is -0.00000381. The Hall–Kier alpha value is -1.13. The quantitative estimate of drug-likeness (QED) is 0.434. The van der Waals surface area contributed by atoms with Gasteiger partial charge in [0.15, 0.2) is 0 Å². The summed E-state index contributed by atoms with van der Waals surface area (Å²) in [6, 6.07) is 19.0. The number of rotatable bonds is 3. The maximum absolute atomic E-state index is 2.24. The number of benzene rings is 2. The molecule has 0 saturated heterocycles. The van der Waals surface area contributed by atoms with Crippen molar-refractivity contribution in [2.45, 2.75) is 0 Å². The van der Waals surface area contributed by atoms with Crippen molar-refractivity contribution in [1.82, 2.24) is 4.48 Å². The van der Waals surface area contributed by atoms with Crippen LogP contribution in [0.1, 0.15) is 11.1 Å². The fraction of sp³-hybridized carbons (Fsp3) is 0.176. The average molecular weight is 365 g/mol. The van der Waals surface area contributed by atoms with Gasteiger partial charge in [0.1, 0.15) is 5.69 Å². The van der Waals surface area contributed by atoms with Crippen molar-refractivity contribution in [1.29, 1.82) is 0 Å². The number of quaternary nitrogens is 1. The van der Waals surface area contributed by atoms with E-state index in [0.29, 0.717) is 0 Å². The summed E-state index contributed by atoms with van der Waals surface area (Å²) in [5.41, 5.74) is 3.78. The van der Waals surface area contributed by atoms with Crippen molar-refractivity contribution in [2.24, 2.45) is 0 Å². The van der Waals surface area contributed by atoms with Gasteiger partial charge in [-0.2, -0.15) is 0 Å². The van der Waals surface area contributed by atoms with Crippen LogP contribution in [0.5, 0.6) is 0 Å². The molecule has 0 amide bonds. The largest absolute Gasteiger partial charge is 1.00 e. The van der Waals surface area contributed by atoms with E-state index in [1.54, 1.807) is 0 Å². The van der Waals surface area contributed by atoms with E-state index in [9.17, 15) is 0 Å². The molecular weight excluding hydrogens is 345 g/mol. The molecule has 0 bridgehead atoms. The highest BCUT2D eigenvalue weighted by molar-refractivity contribution is 5.71. The van der Waals surface area contributed by atoms with Crippen LogP contribution in [0.25, 0.3) is 12.2 Å². The lowest BCUT2D eigenvalue weighted by Crippen LogP contribution is -3.00. The van der Waals surface area contributed by atoms with Crippen LogP contribution < -0.4 is 28.5 Å². The smallest absolute Gasteiger partial charge is 0.132 e. The molecule has 0 aliphatic carbocycles. The highest BCUT2D eigenvalue weighted by Crippen LogP contribution is 2.19. The molecule has 1 nitrogen and oxygen atoms in total. The standard InChI is InChI=1S/C17H20N.HI/c1-18(2,3)17-11-7-10-16(14-17)13-12-15-8-5-4-6-9-15;/h4-14H,1-3H3;1H/q+1;/p-1/b13-12+;. The summed E-state index contributed by atoms with van der Waals surface area (Å²) < 4.78 is 0.840. The fourth-order valence-corrected chi connectivity index (χ4v) is 1.80. The Kier molecular flexibility index (Phi) is 5.76. The van der Waals surface area contributed by atoms with Crippen LogP contribution in [-0.2, 0) is 0 Å². The van der Waals surface area contributed by atoms with Crippen LogP contribution in [0.15, 0.2) is 54.6 Å². The maximum Gasteiger partial charge on any atom is 0.132 e.